The fourth-order valence-corrected chi connectivity index (χ4v) is 3.81. The zero-order chi connectivity index (χ0) is 20.3. The molecule has 3 aromatic heterocycles. The molecule has 0 saturated carbocycles. The highest BCUT2D eigenvalue weighted by atomic mass is 79.9. The molecule has 3 heterocycles. The number of ether oxygens (including phenoxy) is 2. The van der Waals surface area contributed by atoms with Gasteiger partial charge in [-0.05, 0) is 22.4 Å². The number of halogens is 1. The van der Waals surface area contributed by atoms with Gasteiger partial charge in [-0.1, -0.05) is 18.7 Å². The Kier molecular flexibility index (Phi) is 6.14. The number of rotatable bonds is 7. The van der Waals surface area contributed by atoms with Crippen LogP contribution in [0.5, 0.6) is 11.8 Å². The molecule has 0 aromatic carbocycles. The van der Waals surface area contributed by atoms with Gasteiger partial charge in [0.25, 0.3) is 0 Å². The van der Waals surface area contributed by atoms with Crippen molar-refractivity contribution in [3.63, 3.8) is 0 Å². The van der Waals surface area contributed by atoms with Gasteiger partial charge in [0.1, 0.15) is 15.0 Å². The van der Waals surface area contributed by atoms with Crippen LogP contribution in [0.1, 0.15) is 13.3 Å². The first-order valence-electron chi connectivity index (χ1n) is 8.06. The van der Waals surface area contributed by atoms with Crippen LogP contribution in [0.3, 0.4) is 0 Å². The Balaban J connectivity index is 1.83. The number of aromatic amines is 1. The van der Waals surface area contributed by atoms with E-state index in [1.807, 2.05) is 6.92 Å². The summed E-state index contributed by atoms with van der Waals surface area (Å²) >= 11 is 4.53. The van der Waals surface area contributed by atoms with Crippen LogP contribution in [-0.4, -0.2) is 55.3 Å². The van der Waals surface area contributed by atoms with Crippen LogP contribution >= 0.6 is 27.7 Å². The third-order valence-electron chi connectivity index (χ3n) is 3.60. The molecule has 0 saturated heterocycles. The van der Waals surface area contributed by atoms with E-state index in [1.165, 1.54) is 32.3 Å². The molecule has 0 aliphatic rings. The first kappa shape index (κ1) is 20.1. The summed E-state index contributed by atoms with van der Waals surface area (Å²) in [5.41, 5.74) is 6.80. The summed E-state index contributed by atoms with van der Waals surface area (Å²) in [6.45, 7) is 1.88. The van der Waals surface area contributed by atoms with Crippen molar-refractivity contribution in [3.05, 3.63) is 10.8 Å². The zero-order valence-electron chi connectivity index (χ0n) is 15.2. The van der Waals surface area contributed by atoms with Gasteiger partial charge in [-0.2, -0.15) is 15.0 Å². The molecular formula is C15H17BrN8O3S. The van der Waals surface area contributed by atoms with Crippen LogP contribution in [0.4, 0.5) is 11.9 Å². The number of thioether (sulfide) groups is 1. The number of methoxy groups -OCH3 is 2. The number of amides is 1. The predicted octanol–water partition coefficient (Wildman–Crippen LogP) is 2.01. The summed E-state index contributed by atoms with van der Waals surface area (Å²) in [5.74, 6) is 0.331. The highest BCUT2D eigenvalue weighted by Gasteiger charge is 2.23. The number of nitrogens with two attached hydrogens (primary N) is 1. The third kappa shape index (κ3) is 4.09. The van der Waals surface area contributed by atoms with Gasteiger partial charge < -0.3 is 20.2 Å². The second-order valence-corrected chi connectivity index (χ2v) is 7.36. The van der Waals surface area contributed by atoms with Crippen molar-refractivity contribution in [2.75, 3.05) is 25.3 Å². The van der Waals surface area contributed by atoms with E-state index in [9.17, 15) is 4.79 Å². The van der Waals surface area contributed by atoms with Gasteiger partial charge >= 0.3 is 0 Å². The molecule has 4 N–H and O–H groups in total. The van der Waals surface area contributed by atoms with Crippen molar-refractivity contribution in [1.29, 1.82) is 0 Å². The standard InChI is InChI=1S/C15H17BrN8O3S/c1-4-6(28-13-8-9(19-5-18-8)20-14(17)24-13)10(25)21-15-22-11(26-2)7(16)12(23-15)27-3/h5-6H,4H2,1-3H3,(H,21,22,23,25)(H3,17,18,19,20,24)/t6-/m0/s1. The Bertz CT molecular complexity index is 989. The fourth-order valence-electron chi connectivity index (χ4n) is 2.29. The van der Waals surface area contributed by atoms with E-state index < -0.39 is 5.25 Å². The van der Waals surface area contributed by atoms with Crippen molar-refractivity contribution >= 4 is 56.7 Å². The van der Waals surface area contributed by atoms with Crippen LogP contribution in [0.2, 0.25) is 0 Å². The molecule has 0 spiro atoms. The minimum absolute atomic E-state index is 0.0647. The van der Waals surface area contributed by atoms with Gasteiger partial charge in [0.2, 0.25) is 29.6 Å². The molecule has 0 aliphatic carbocycles. The van der Waals surface area contributed by atoms with Crippen molar-refractivity contribution < 1.29 is 14.3 Å². The molecule has 148 valence electrons. The van der Waals surface area contributed by atoms with Gasteiger partial charge in [-0.15, -0.1) is 0 Å². The van der Waals surface area contributed by atoms with Crippen LogP contribution in [0.15, 0.2) is 15.8 Å². The summed E-state index contributed by atoms with van der Waals surface area (Å²) < 4.78 is 10.8. The van der Waals surface area contributed by atoms with Crippen molar-refractivity contribution in [2.24, 2.45) is 0 Å². The average Bonchev–Trinajstić information content (AvgIpc) is 3.15. The second kappa shape index (κ2) is 8.56. The van der Waals surface area contributed by atoms with Crippen molar-refractivity contribution in [2.45, 2.75) is 23.6 Å². The molecule has 0 fully saturated rings. The van der Waals surface area contributed by atoms with Gasteiger partial charge in [-0.25, -0.2) is 9.97 Å². The molecule has 0 aliphatic heterocycles. The van der Waals surface area contributed by atoms with E-state index in [4.69, 9.17) is 15.2 Å². The maximum Gasteiger partial charge on any atom is 0.240 e. The monoisotopic (exact) mass is 468 g/mol. The number of imidazole rings is 1. The van der Waals surface area contributed by atoms with Gasteiger partial charge in [0.05, 0.1) is 25.8 Å². The number of nitrogens with zero attached hydrogens (tertiary/aromatic N) is 5. The average molecular weight is 469 g/mol. The SMILES string of the molecule is CC[C@H](Sc1nc(N)nc2nc[nH]c12)C(=O)Nc1nc(OC)c(Br)c(OC)n1. The molecule has 3 rings (SSSR count). The molecular weight excluding hydrogens is 452 g/mol. The number of anilines is 2. The number of nitrogens with one attached hydrogen (secondary N) is 2. The normalized spacial score (nSPS) is 12.0. The number of H-pyrrole nitrogens is 1. The molecule has 0 unspecified atom stereocenters. The highest BCUT2D eigenvalue weighted by Crippen LogP contribution is 2.33. The lowest BCUT2D eigenvalue weighted by Crippen LogP contribution is -2.26. The van der Waals surface area contributed by atoms with Crippen LogP contribution in [0.25, 0.3) is 11.2 Å². The minimum Gasteiger partial charge on any atom is -0.480 e. The second-order valence-electron chi connectivity index (χ2n) is 5.37. The van der Waals surface area contributed by atoms with E-state index in [2.05, 4.69) is 51.2 Å². The number of nitrogen functional groups attached to an aromatic ring is 1. The number of fused-ring (bicyclic) bond motifs is 1. The van der Waals surface area contributed by atoms with E-state index in [1.54, 1.807) is 0 Å². The van der Waals surface area contributed by atoms with Gasteiger partial charge in [0.15, 0.2) is 5.65 Å². The third-order valence-corrected chi connectivity index (χ3v) is 5.63. The van der Waals surface area contributed by atoms with E-state index in [0.717, 1.165) is 0 Å². The summed E-state index contributed by atoms with van der Waals surface area (Å²) in [4.78, 5) is 36.4. The molecule has 13 heteroatoms. The fraction of sp³-hybridized carbons (Fsp3) is 0.333. The first-order valence-corrected chi connectivity index (χ1v) is 9.73. The maximum absolute atomic E-state index is 12.8. The molecule has 3 aromatic rings. The molecule has 0 radical (unpaired) electrons. The highest BCUT2D eigenvalue weighted by molar-refractivity contribution is 9.10. The van der Waals surface area contributed by atoms with Crippen LogP contribution in [-0.2, 0) is 4.79 Å². The Morgan fingerprint density at radius 1 is 1.29 bits per heavy atom. The lowest BCUT2D eigenvalue weighted by atomic mass is 10.3. The summed E-state index contributed by atoms with van der Waals surface area (Å²) in [6.07, 6.45) is 2.03. The van der Waals surface area contributed by atoms with Crippen molar-refractivity contribution in [3.8, 4) is 11.8 Å². The lowest BCUT2D eigenvalue weighted by molar-refractivity contribution is -0.115. The molecule has 11 nitrogen and oxygen atoms in total. The maximum atomic E-state index is 12.8. The number of hydrogen-bond acceptors (Lipinski definition) is 10. The smallest absolute Gasteiger partial charge is 0.240 e. The largest absolute Gasteiger partial charge is 0.480 e. The number of carbonyl (C=O) groups excluding carboxylic acids is 1. The molecule has 28 heavy (non-hydrogen) atoms. The minimum atomic E-state index is -0.481. The zero-order valence-corrected chi connectivity index (χ0v) is 17.6. The Morgan fingerprint density at radius 3 is 2.57 bits per heavy atom. The first-order chi connectivity index (χ1) is 13.5. The number of hydrogen-bond donors (Lipinski definition) is 3. The molecule has 0 bridgehead atoms. The van der Waals surface area contributed by atoms with Crippen molar-refractivity contribution in [1.82, 2.24) is 29.9 Å². The van der Waals surface area contributed by atoms with E-state index >= 15 is 0 Å². The van der Waals surface area contributed by atoms with Crippen LogP contribution in [0, 0.1) is 0 Å². The van der Waals surface area contributed by atoms with Gasteiger partial charge in [0, 0.05) is 0 Å². The Hall–Kier alpha value is -2.67. The molecule has 1 atom stereocenters. The van der Waals surface area contributed by atoms with Crippen LogP contribution < -0.4 is 20.5 Å². The lowest BCUT2D eigenvalue weighted by Gasteiger charge is -2.15. The topological polar surface area (TPSA) is 154 Å². The van der Waals surface area contributed by atoms with Gasteiger partial charge in [-0.3, -0.25) is 10.1 Å². The quantitative estimate of drug-likeness (QED) is 0.346. The van der Waals surface area contributed by atoms with E-state index in [0.29, 0.717) is 27.1 Å². The molecule has 1 amide bonds. The number of aromatic nitrogens is 6. The summed E-state index contributed by atoms with van der Waals surface area (Å²) in [7, 11) is 2.91. The summed E-state index contributed by atoms with van der Waals surface area (Å²) in [6, 6.07) is 0. The number of carbonyl (C=O) groups is 1. The Labute approximate surface area is 172 Å². The predicted molar refractivity (Wildman–Crippen MR) is 107 cm³/mol. The van der Waals surface area contributed by atoms with E-state index in [-0.39, 0.29) is 29.6 Å². The summed E-state index contributed by atoms with van der Waals surface area (Å²) in [5, 5.41) is 2.74. The Morgan fingerprint density at radius 2 is 1.96 bits per heavy atom.